The van der Waals surface area contributed by atoms with Gasteiger partial charge in [0, 0.05) is 19.2 Å². The Bertz CT molecular complexity index is 587. The van der Waals surface area contributed by atoms with Gasteiger partial charge in [-0.05, 0) is 40.6 Å². The largest absolute Gasteiger partial charge is 0.375 e. The molecule has 2 rings (SSSR count). The number of ether oxygens (including phenoxy) is 1. The molecule has 0 aliphatic rings. The number of thiophene rings is 1. The highest BCUT2D eigenvalue weighted by atomic mass is 35.5. The van der Waals surface area contributed by atoms with Crippen molar-refractivity contribution in [3.05, 3.63) is 56.2 Å². The average molecular weight is 330 g/mol. The third-order valence-corrected chi connectivity index (χ3v) is 4.27. The fourth-order valence-corrected chi connectivity index (χ4v) is 2.72. The van der Waals surface area contributed by atoms with Gasteiger partial charge in [0.1, 0.15) is 6.10 Å². The Morgan fingerprint density at radius 3 is 2.75 bits per heavy atom. The van der Waals surface area contributed by atoms with Crippen LogP contribution in [0.5, 0.6) is 0 Å². The lowest BCUT2D eigenvalue weighted by Gasteiger charge is -2.15. The summed E-state index contributed by atoms with van der Waals surface area (Å²) in [6, 6.07) is 6.76. The van der Waals surface area contributed by atoms with Crippen molar-refractivity contribution in [3.8, 4) is 0 Å². The maximum atomic E-state index is 12.0. The number of halogens is 2. The molecule has 0 fully saturated rings. The van der Waals surface area contributed by atoms with Gasteiger partial charge in [-0.1, -0.05) is 23.2 Å². The van der Waals surface area contributed by atoms with E-state index in [0.717, 1.165) is 5.56 Å². The van der Waals surface area contributed by atoms with Crippen LogP contribution in [0.3, 0.4) is 0 Å². The van der Waals surface area contributed by atoms with Crippen LogP contribution < -0.4 is 5.32 Å². The molecular weight excluding hydrogens is 317 g/mol. The number of hydrogen-bond donors (Lipinski definition) is 1. The van der Waals surface area contributed by atoms with Crippen LogP contribution in [-0.4, -0.2) is 19.6 Å². The zero-order valence-electron chi connectivity index (χ0n) is 10.7. The van der Waals surface area contributed by atoms with Crippen molar-refractivity contribution in [1.29, 1.82) is 0 Å². The predicted molar refractivity (Wildman–Crippen MR) is 82.9 cm³/mol. The Hall–Kier alpha value is -1.07. The van der Waals surface area contributed by atoms with Crippen LogP contribution in [0.4, 0.5) is 0 Å². The minimum Gasteiger partial charge on any atom is -0.375 e. The molecule has 0 spiro atoms. The predicted octanol–water partition coefficient (Wildman–Crippen LogP) is 4.17. The molecule has 1 atom stereocenters. The minimum absolute atomic E-state index is 0.159. The molecule has 0 saturated carbocycles. The highest BCUT2D eigenvalue weighted by molar-refractivity contribution is 7.07. The minimum atomic E-state index is -0.208. The van der Waals surface area contributed by atoms with E-state index >= 15 is 0 Å². The summed E-state index contributed by atoms with van der Waals surface area (Å²) in [5.41, 5.74) is 1.52. The Kier molecular flexibility index (Phi) is 5.43. The van der Waals surface area contributed by atoms with Crippen LogP contribution in [0.25, 0.3) is 0 Å². The number of nitrogens with one attached hydrogen (secondary N) is 1. The molecule has 0 aliphatic carbocycles. The second-order valence-corrected chi connectivity index (χ2v) is 5.71. The van der Waals surface area contributed by atoms with Crippen molar-refractivity contribution in [1.82, 2.24) is 5.32 Å². The van der Waals surface area contributed by atoms with Gasteiger partial charge in [0.05, 0.1) is 10.0 Å². The number of hydrogen-bond acceptors (Lipinski definition) is 3. The summed E-state index contributed by atoms with van der Waals surface area (Å²) in [7, 11) is 1.62. The van der Waals surface area contributed by atoms with E-state index in [-0.39, 0.29) is 12.0 Å². The summed E-state index contributed by atoms with van der Waals surface area (Å²) in [6.07, 6.45) is -0.159. The molecule has 106 valence electrons. The normalized spacial score (nSPS) is 12.2. The molecule has 0 aliphatic heterocycles. The Morgan fingerprint density at radius 2 is 2.15 bits per heavy atom. The van der Waals surface area contributed by atoms with Gasteiger partial charge in [-0.2, -0.15) is 11.3 Å². The summed E-state index contributed by atoms with van der Waals surface area (Å²) in [6.45, 7) is 0.395. The van der Waals surface area contributed by atoms with Gasteiger partial charge in [-0.15, -0.1) is 0 Å². The first-order valence-corrected chi connectivity index (χ1v) is 7.60. The van der Waals surface area contributed by atoms with Gasteiger partial charge in [-0.25, -0.2) is 0 Å². The van der Waals surface area contributed by atoms with Crippen molar-refractivity contribution < 1.29 is 9.53 Å². The molecule has 1 heterocycles. The van der Waals surface area contributed by atoms with Crippen LogP contribution in [0, 0.1) is 0 Å². The number of methoxy groups -OCH3 is 1. The van der Waals surface area contributed by atoms with Crippen LogP contribution in [0.15, 0.2) is 35.0 Å². The zero-order chi connectivity index (χ0) is 14.5. The number of carbonyl (C=O) groups is 1. The Labute approximate surface area is 131 Å². The van der Waals surface area contributed by atoms with Gasteiger partial charge < -0.3 is 10.1 Å². The number of rotatable bonds is 5. The lowest BCUT2D eigenvalue weighted by molar-refractivity contribution is 0.0829. The molecule has 1 amide bonds. The van der Waals surface area contributed by atoms with E-state index in [2.05, 4.69) is 5.32 Å². The molecule has 0 radical (unpaired) electrons. The Balaban J connectivity index is 1.99. The molecule has 1 unspecified atom stereocenters. The molecule has 2 aromatic rings. The summed E-state index contributed by atoms with van der Waals surface area (Å²) in [5.74, 6) is -0.208. The molecular formula is C14H13Cl2NO2S. The molecule has 3 nitrogen and oxygen atoms in total. The number of amides is 1. The van der Waals surface area contributed by atoms with E-state index in [4.69, 9.17) is 27.9 Å². The standard InChI is InChI=1S/C14H13Cl2NO2S/c1-19-13(10-4-5-20-8-10)7-17-14(18)9-2-3-11(15)12(16)6-9/h2-6,8,13H,7H2,1H3,(H,17,18). The fourth-order valence-electron chi connectivity index (χ4n) is 1.72. The molecule has 1 aromatic carbocycles. The van der Waals surface area contributed by atoms with Gasteiger partial charge >= 0.3 is 0 Å². The van der Waals surface area contributed by atoms with Crippen molar-refractivity contribution in [3.63, 3.8) is 0 Å². The van der Waals surface area contributed by atoms with Crippen molar-refractivity contribution >= 4 is 40.4 Å². The third-order valence-electron chi connectivity index (χ3n) is 2.83. The van der Waals surface area contributed by atoms with Crippen LogP contribution in [-0.2, 0) is 4.74 Å². The van der Waals surface area contributed by atoms with Crippen molar-refractivity contribution in [2.24, 2.45) is 0 Å². The van der Waals surface area contributed by atoms with E-state index in [0.29, 0.717) is 22.2 Å². The Morgan fingerprint density at radius 1 is 1.35 bits per heavy atom. The molecule has 0 bridgehead atoms. The van der Waals surface area contributed by atoms with Crippen molar-refractivity contribution in [2.75, 3.05) is 13.7 Å². The maximum Gasteiger partial charge on any atom is 0.251 e. The van der Waals surface area contributed by atoms with Gasteiger partial charge in [0.2, 0.25) is 0 Å². The molecule has 20 heavy (non-hydrogen) atoms. The summed E-state index contributed by atoms with van der Waals surface area (Å²) in [4.78, 5) is 12.0. The maximum absolute atomic E-state index is 12.0. The number of carbonyl (C=O) groups excluding carboxylic acids is 1. The molecule has 1 N–H and O–H groups in total. The first kappa shape index (κ1) is 15.3. The quantitative estimate of drug-likeness (QED) is 0.893. The second kappa shape index (κ2) is 7.09. The van der Waals surface area contributed by atoms with E-state index in [1.807, 2.05) is 16.8 Å². The fraction of sp³-hybridized carbons (Fsp3) is 0.214. The van der Waals surface area contributed by atoms with Gasteiger partial charge in [0.25, 0.3) is 5.91 Å². The summed E-state index contributed by atoms with van der Waals surface area (Å²) < 4.78 is 5.37. The van der Waals surface area contributed by atoms with Crippen LogP contribution in [0.2, 0.25) is 10.0 Å². The van der Waals surface area contributed by atoms with E-state index < -0.39 is 0 Å². The van der Waals surface area contributed by atoms with Gasteiger partial charge in [0.15, 0.2) is 0 Å². The van der Waals surface area contributed by atoms with E-state index in [1.165, 1.54) is 0 Å². The highest BCUT2D eigenvalue weighted by Gasteiger charge is 2.14. The van der Waals surface area contributed by atoms with Crippen LogP contribution >= 0.6 is 34.5 Å². The second-order valence-electron chi connectivity index (χ2n) is 4.12. The van der Waals surface area contributed by atoms with E-state index in [9.17, 15) is 4.79 Å². The zero-order valence-corrected chi connectivity index (χ0v) is 13.1. The highest BCUT2D eigenvalue weighted by Crippen LogP contribution is 2.23. The number of benzene rings is 1. The average Bonchev–Trinajstić information content (AvgIpc) is 2.96. The van der Waals surface area contributed by atoms with Crippen molar-refractivity contribution in [2.45, 2.75) is 6.10 Å². The smallest absolute Gasteiger partial charge is 0.251 e. The molecule has 0 saturated heterocycles. The topological polar surface area (TPSA) is 38.3 Å². The SMILES string of the molecule is COC(CNC(=O)c1ccc(Cl)c(Cl)c1)c1ccsc1. The molecule has 1 aromatic heterocycles. The first-order valence-electron chi connectivity index (χ1n) is 5.90. The first-order chi connectivity index (χ1) is 9.61. The lowest BCUT2D eigenvalue weighted by atomic mass is 10.1. The third kappa shape index (κ3) is 3.73. The van der Waals surface area contributed by atoms with Gasteiger partial charge in [-0.3, -0.25) is 4.79 Å². The summed E-state index contributed by atoms with van der Waals surface area (Å²) >= 11 is 13.3. The van der Waals surface area contributed by atoms with Crippen LogP contribution in [0.1, 0.15) is 22.0 Å². The lowest BCUT2D eigenvalue weighted by Crippen LogP contribution is -2.29. The summed E-state index contributed by atoms with van der Waals surface area (Å²) in [5, 5.41) is 7.59. The molecule has 6 heteroatoms. The monoisotopic (exact) mass is 329 g/mol. The van der Waals surface area contributed by atoms with E-state index in [1.54, 1.807) is 36.6 Å².